The van der Waals surface area contributed by atoms with Crippen molar-refractivity contribution < 1.29 is 4.74 Å². The van der Waals surface area contributed by atoms with E-state index in [4.69, 9.17) is 4.74 Å². The molecule has 3 heteroatoms. The minimum Gasteiger partial charge on any atom is -0.377 e. The molecule has 0 aromatic carbocycles. The van der Waals surface area contributed by atoms with Crippen LogP contribution in [0.1, 0.15) is 53.4 Å². The van der Waals surface area contributed by atoms with Crippen LogP contribution in [0.25, 0.3) is 0 Å². The molecule has 2 atom stereocenters. The molecule has 0 amide bonds. The van der Waals surface area contributed by atoms with Gasteiger partial charge in [0.05, 0.1) is 5.60 Å². The summed E-state index contributed by atoms with van der Waals surface area (Å²) >= 11 is 0. The predicted octanol–water partition coefficient (Wildman–Crippen LogP) is 2.65. The molecular weight excluding hydrogens is 236 g/mol. The van der Waals surface area contributed by atoms with E-state index < -0.39 is 0 Å². The number of piperazine rings is 1. The largest absolute Gasteiger partial charge is 0.377 e. The number of nitrogens with zero attached hydrogens (tertiary/aromatic N) is 1. The van der Waals surface area contributed by atoms with E-state index in [1.807, 2.05) is 7.11 Å². The molecule has 0 spiro atoms. The summed E-state index contributed by atoms with van der Waals surface area (Å²) in [6, 6.07) is 1.26. The van der Waals surface area contributed by atoms with Crippen molar-refractivity contribution >= 4 is 0 Å². The van der Waals surface area contributed by atoms with Gasteiger partial charge in [0, 0.05) is 38.8 Å². The first-order valence-electron chi connectivity index (χ1n) is 7.93. The van der Waals surface area contributed by atoms with Gasteiger partial charge < -0.3 is 10.1 Å². The molecule has 2 unspecified atom stereocenters. The van der Waals surface area contributed by atoms with Crippen LogP contribution in [0, 0.1) is 5.41 Å². The molecule has 19 heavy (non-hydrogen) atoms. The summed E-state index contributed by atoms with van der Waals surface area (Å²) in [6.45, 7) is 12.7. The highest BCUT2D eigenvalue weighted by atomic mass is 16.5. The molecule has 1 aliphatic heterocycles. The van der Waals surface area contributed by atoms with Crippen molar-refractivity contribution in [2.24, 2.45) is 5.41 Å². The number of methoxy groups -OCH3 is 1. The molecule has 0 bridgehead atoms. The summed E-state index contributed by atoms with van der Waals surface area (Å²) in [6.07, 6.45) is 5.04. The van der Waals surface area contributed by atoms with Gasteiger partial charge in [0.1, 0.15) is 0 Å². The van der Waals surface area contributed by atoms with Crippen molar-refractivity contribution in [2.75, 3.05) is 26.7 Å². The second-order valence-corrected chi connectivity index (χ2v) is 7.56. The van der Waals surface area contributed by atoms with Crippen LogP contribution in [0.2, 0.25) is 0 Å². The molecule has 112 valence electrons. The Morgan fingerprint density at radius 2 is 2.00 bits per heavy atom. The number of nitrogens with one attached hydrogen (secondary N) is 1. The molecule has 1 saturated carbocycles. The Kier molecular flexibility index (Phi) is 4.59. The van der Waals surface area contributed by atoms with Crippen LogP contribution in [0.15, 0.2) is 0 Å². The third-order valence-corrected chi connectivity index (χ3v) is 5.24. The molecule has 2 rings (SSSR count). The van der Waals surface area contributed by atoms with Gasteiger partial charge in [-0.2, -0.15) is 0 Å². The third-order valence-electron chi connectivity index (χ3n) is 5.24. The summed E-state index contributed by atoms with van der Waals surface area (Å²) in [7, 11) is 1.89. The molecule has 1 saturated heterocycles. The van der Waals surface area contributed by atoms with E-state index in [1.54, 1.807) is 0 Å². The van der Waals surface area contributed by atoms with Crippen molar-refractivity contribution in [1.29, 1.82) is 0 Å². The molecule has 0 aromatic heterocycles. The lowest BCUT2D eigenvalue weighted by Crippen LogP contribution is -2.63. The Labute approximate surface area is 119 Å². The Hall–Kier alpha value is -0.120. The van der Waals surface area contributed by atoms with E-state index in [1.165, 1.54) is 25.7 Å². The number of hydrogen-bond donors (Lipinski definition) is 1. The van der Waals surface area contributed by atoms with Gasteiger partial charge in [-0.1, -0.05) is 27.7 Å². The summed E-state index contributed by atoms with van der Waals surface area (Å²) in [5, 5.41) is 3.75. The van der Waals surface area contributed by atoms with Crippen molar-refractivity contribution in [3.8, 4) is 0 Å². The highest BCUT2D eigenvalue weighted by Gasteiger charge is 2.42. The molecule has 0 aromatic rings. The zero-order chi connectivity index (χ0) is 14.1. The van der Waals surface area contributed by atoms with Gasteiger partial charge in [-0.25, -0.2) is 0 Å². The lowest BCUT2D eigenvalue weighted by molar-refractivity contribution is -0.104. The Bertz CT molecular complexity index is 288. The Morgan fingerprint density at radius 1 is 1.32 bits per heavy atom. The van der Waals surface area contributed by atoms with E-state index in [2.05, 4.69) is 37.9 Å². The van der Waals surface area contributed by atoms with Gasteiger partial charge in [0.2, 0.25) is 0 Å². The van der Waals surface area contributed by atoms with Crippen LogP contribution >= 0.6 is 0 Å². The van der Waals surface area contributed by atoms with Crippen LogP contribution in [-0.2, 0) is 4.74 Å². The summed E-state index contributed by atoms with van der Waals surface area (Å²) in [5.41, 5.74) is 0.490. The monoisotopic (exact) mass is 268 g/mol. The van der Waals surface area contributed by atoms with E-state index in [0.717, 1.165) is 19.6 Å². The van der Waals surface area contributed by atoms with Crippen LogP contribution < -0.4 is 5.32 Å². The van der Waals surface area contributed by atoms with E-state index in [0.29, 0.717) is 17.5 Å². The normalized spacial score (nSPS) is 32.1. The predicted molar refractivity (Wildman–Crippen MR) is 80.5 cm³/mol. The SMILES string of the molecule is CCC1CNC(C(C)(C)C)CN1CC1(OC)CCC1. The molecule has 1 aliphatic carbocycles. The fourth-order valence-electron chi connectivity index (χ4n) is 3.40. The average molecular weight is 268 g/mol. The minimum atomic E-state index is 0.160. The molecular formula is C16H32N2O. The van der Waals surface area contributed by atoms with Gasteiger partial charge in [-0.3, -0.25) is 4.90 Å². The smallest absolute Gasteiger partial charge is 0.0805 e. The van der Waals surface area contributed by atoms with Crippen LogP contribution in [0.4, 0.5) is 0 Å². The van der Waals surface area contributed by atoms with Crippen molar-refractivity contribution in [3.63, 3.8) is 0 Å². The van der Waals surface area contributed by atoms with Crippen molar-refractivity contribution in [1.82, 2.24) is 10.2 Å². The first kappa shape index (κ1) is 15.3. The second-order valence-electron chi connectivity index (χ2n) is 7.56. The van der Waals surface area contributed by atoms with Gasteiger partial charge in [-0.05, 0) is 31.1 Å². The zero-order valence-electron chi connectivity index (χ0n) is 13.5. The molecule has 0 radical (unpaired) electrons. The number of rotatable bonds is 4. The van der Waals surface area contributed by atoms with Crippen LogP contribution in [0.5, 0.6) is 0 Å². The fraction of sp³-hybridized carbons (Fsp3) is 1.00. The van der Waals surface area contributed by atoms with E-state index >= 15 is 0 Å². The van der Waals surface area contributed by atoms with Gasteiger partial charge in [-0.15, -0.1) is 0 Å². The first-order chi connectivity index (χ1) is 8.90. The van der Waals surface area contributed by atoms with Crippen molar-refractivity contribution in [2.45, 2.75) is 71.1 Å². The summed E-state index contributed by atoms with van der Waals surface area (Å²) in [4.78, 5) is 2.69. The molecule has 2 fully saturated rings. The van der Waals surface area contributed by atoms with Crippen LogP contribution in [0.3, 0.4) is 0 Å². The van der Waals surface area contributed by atoms with E-state index in [-0.39, 0.29) is 5.60 Å². The fourth-order valence-corrected chi connectivity index (χ4v) is 3.40. The van der Waals surface area contributed by atoms with E-state index in [9.17, 15) is 0 Å². The number of ether oxygens (including phenoxy) is 1. The highest BCUT2D eigenvalue weighted by Crippen LogP contribution is 2.37. The maximum absolute atomic E-state index is 5.83. The zero-order valence-corrected chi connectivity index (χ0v) is 13.5. The molecule has 3 nitrogen and oxygen atoms in total. The van der Waals surface area contributed by atoms with Gasteiger partial charge >= 0.3 is 0 Å². The highest BCUT2D eigenvalue weighted by molar-refractivity contribution is 4.98. The second kappa shape index (κ2) is 5.71. The van der Waals surface area contributed by atoms with Gasteiger partial charge in [0.25, 0.3) is 0 Å². The van der Waals surface area contributed by atoms with Crippen LogP contribution in [-0.4, -0.2) is 49.3 Å². The molecule has 1 heterocycles. The average Bonchev–Trinajstić information content (AvgIpc) is 2.32. The van der Waals surface area contributed by atoms with Crippen molar-refractivity contribution in [3.05, 3.63) is 0 Å². The minimum absolute atomic E-state index is 0.160. The third kappa shape index (κ3) is 3.32. The quantitative estimate of drug-likeness (QED) is 0.848. The first-order valence-corrected chi connectivity index (χ1v) is 7.93. The summed E-state index contributed by atoms with van der Waals surface area (Å²) in [5.74, 6) is 0. The molecule has 1 N–H and O–H groups in total. The molecule has 2 aliphatic rings. The Morgan fingerprint density at radius 3 is 2.42 bits per heavy atom. The number of hydrogen-bond acceptors (Lipinski definition) is 3. The topological polar surface area (TPSA) is 24.5 Å². The maximum atomic E-state index is 5.83. The standard InChI is InChI=1S/C16H32N2O/c1-6-13-10-17-14(15(2,3)4)11-18(13)12-16(19-5)8-7-9-16/h13-14,17H,6-12H2,1-5H3. The summed E-state index contributed by atoms with van der Waals surface area (Å²) < 4.78 is 5.83. The lowest BCUT2D eigenvalue weighted by atomic mass is 9.78. The maximum Gasteiger partial charge on any atom is 0.0805 e. The van der Waals surface area contributed by atoms with Gasteiger partial charge in [0.15, 0.2) is 0 Å². The Balaban J connectivity index is 2.01. The lowest BCUT2D eigenvalue weighted by Gasteiger charge is -2.50.